The largest absolute Gasteiger partial charge is 0.480 e. The summed E-state index contributed by atoms with van der Waals surface area (Å²) in [5.74, 6) is -1.28. The standard InChI is InChI=1S/C12H18N2O6S2/c1-3-8-13-21(17,18)10-4-6-11(7-5-10)22(19,20)14(2)9-12(15)16/h4-7,13H,3,8-9H2,1-2H3,(H,15,16). The predicted octanol–water partition coefficient (Wildman–Crippen LogP) is 0.0800. The summed E-state index contributed by atoms with van der Waals surface area (Å²) in [5.41, 5.74) is 0. The second kappa shape index (κ2) is 7.18. The van der Waals surface area contributed by atoms with E-state index in [0.29, 0.717) is 10.7 Å². The van der Waals surface area contributed by atoms with Gasteiger partial charge >= 0.3 is 5.97 Å². The van der Waals surface area contributed by atoms with Gasteiger partial charge in [0.1, 0.15) is 6.54 Å². The monoisotopic (exact) mass is 350 g/mol. The van der Waals surface area contributed by atoms with E-state index in [1.165, 1.54) is 12.1 Å². The fraction of sp³-hybridized carbons (Fsp3) is 0.417. The van der Waals surface area contributed by atoms with Gasteiger partial charge in [0.05, 0.1) is 9.79 Å². The molecule has 8 nitrogen and oxygen atoms in total. The zero-order chi connectivity index (χ0) is 17.0. The number of sulfonamides is 2. The van der Waals surface area contributed by atoms with Gasteiger partial charge in [0.25, 0.3) is 0 Å². The molecule has 0 heterocycles. The van der Waals surface area contributed by atoms with E-state index < -0.39 is 32.6 Å². The molecular formula is C12H18N2O6S2. The van der Waals surface area contributed by atoms with Crippen molar-refractivity contribution in [2.75, 3.05) is 20.1 Å². The van der Waals surface area contributed by atoms with E-state index in [-0.39, 0.29) is 16.3 Å². The predicted molar refractivity (Wildman–Crippen MR) is 79.4 cm³/mol. The molecule has 2 N–H and O–H groups in total. The molecule has 22 heavy (non-hydrogen) atoms. The summed E-state index contributed by atoms with van der Waals surface area (Å²) in [7, 11) is -6.52. The summed E-state index contributed by atoms with van der Waals surface area (Å²) in [5, 5.41) is 8.63. The number of likely N-dealkylation sites (N-methyl/N-ethyl adjacent to an activating group) is 1. The van der Waals surface area contributed by atoms with Crippen LogP contribution in [0.2, 0.25) is 0 Å². The van der Waals surface area contributed by atoms with E-state index in [1.807, 2.05) is 6.92 Å². The topological polar surface area (TPSA) is 121 Å². The first-order chi connectivity index (χ1) is 10.1. The highest BCUT2D eigenvalue weighted by Crippen LogP contribution is 2.17. The Morgan fingerprint density at radius 1 is 1.14 bits per heavy atom. The van der Waals surface area contributed by atoms with Crippen molar-refractivity contribution >= 4 is 26.0 Å². The van der Waals surface area contributed by atoms with Crippen LogP contribution < -0.4 is 4.72 Å². The van der Waals surface area contributed by atoms with Crippen LogP contribution in [0.15, 0.2) is 34.1 Å². The van der Waals surface area contributed by atoms with Crippen molar-refractivity contribution in [3.05, 3.63) is 24.3 Å². The lowest BCUT2D eigenvalue weighted by Gasteiger charge is -2.15. The van der Waals surface area contributed by atoms with Crippen LogP contribution in [0.5, 0.6) is 0 Å². The Morgan fingerprint density at radius 3 is 2.09 bits per heavy atom. The summed E-state index contributed by atoms with van der Waals surface area (Å²) in [4.78, 5) is 10.3. The van der Waals surface area contributed by atoms with Gasteiger partial charge in [-0.2, -0.15) is 4.31 Å². The molecule has 0 aromatic heterocycles. The Hall–Kier alpha value is -1.49. The van der Waals surface area contributed by atoms with Crippen LogP contribution in [0.25, 0.3) is 0 Å². The number of hydrogen-bond acceptors (Lipinski definition) is 5. The van der Waals surface area contributed by atoms with Crippen LogP contribution in [0.4, 0.5) is 0 Å². The SMILES string of the molecule is CCCNS(=O)(=O)c1ccc(S(=O)(=O)N(C)CC(=O)O)cc1. The van der Waals surface area contributed by atoms with E-state index in [1.54, 1.807) is 0 Å². The lowest BCUT2D eigenvalue weighted by Crippen LogP contribution is -2.32. The van der Waals surface area contributed by atoms with E-state index in [0.717, 1.165) is 19.2 Å². The third-order valence-corrected chi connectivity index (χ3v) is 6.04. The Kier molecular flexibility index (Phi) is 6.06. The molecule has 0 spiro atoms. The lowest BCUT2D eigenvalue weighted by atomic mass is 10.4. The molecule has 0 bridgehead atoms. The first-order valence-electron chi connectivity index (χ1n) is 6.39. The molecular weight excluding hydrogens is 332 g/mol. The van der Waals surface area contributed by atoms with Crippen LogP contribution in [0.3, 0.4) is 0 Å². The zero-order valence-corrected chi connectivity index (χ0v) is 13.8. The summed E-state index contributed by atoms with van der Waals surface area (Å²) in [6, 6.07) is 4.60. The van der Waals surface area contributed by atoms with Gasteiger partial charge in [0, 0.05) is 13.6 Å². The van der Waals surface area contributed by atoms with Crippen LogP contribution in [-0.4, -0.2) is 52.4 Å². The van der Waals surface area contributed by atoms with Crippen molar-refractivity contribution in [3.63, 3.8) is 0 Å². The fourth-order valence-electron chi connectivity index (χ4n) is 1.57. The highest BCUT2D eigenvalue weighted by Gasteiger charge is 2.23. The number of nitrogens with one attached hydrogen (secondary N) is 1. The van der Waals surface area contributed by atoms with Crippen LogP contribution in [0.1, 0.15) is 13.3 Å². The highest BCUT2D eigenvalue weighted by atomic mass is 32.2. The van der Waals surface area contributed by atoms with Crippen LogP contribution >= 0.6 is 0 Å². The number of carboxylic acids is 1. The fourth-order valence-corrected chi connectivity index (χ4v) is 3.82. The van der Waals surface area contributed by atoms with Crippen LogP contribution in [0, 0.1) is 0 Å². The van der Waals surface area contributed by atoms with Crippen molar-refractivity contribution < 1.29 is 26.7 Å². The number of rotatable bonds is 8. The van der Waals surface area contributed by atoms with Crippen molar-refractivity contribution in [2.45, 2.75) is 23.1 Å². The molecule has 1 aromatic rings. The molecule has 0 saturated heterocycles. The third-order valence-electron chi connectivity index (χ3n) is 2.74. The average Bonchev–Trinajstić information content (AvgIpc) is 2.44. The molecule has 1 rings (SSSR count). The molecule has 0 radical (unpaired) electrons. The molecule has 10 heteroatoms. The number of carboxylic acid groups (broad SMARTS) is 1. The Labute approximate surface area is 129 Å². The number of aliphatic carboxylic acids is 1. The summed E-state index contributed by atoms with van der Waals surface area (Å²) < 4.78 is 51.0. The molecule has 1 aromatic carbocycles. The highest BCUT2D eigenvalue weighted by molar-refractivity contribution is 7.89. The van der Waals surface area contributed by atoms with E-state index in [4.69, 9.17) is 5.11 Å². The Bertz CT molecular complexity index is 725. The zero-order valence-electron chi connectivity index (χ0n) is 12.2. The van der Waals surface area contributed by atoms with Crippen molar-refractivity contribution in [3.8, 4) is 0 Å². The average molecular weight is 350 g/mol. The molecule has 124 valence electrons. The van der Waals surface area contributed by atoms with Crippen molar-refractivity contribution in [2.24, 2.45) is 0 Å². The van der Waals surface area contributed by atoms with Gasteiger partial charge in [-0.05, 0) is 30.7 Å². The number of carbonyl (C=O) groups is 1. The molecule has 0 saturated carbocycles. The maximum Gasteiger partial charge on any atom is 0.318 e. The first-order valence-corrected chi connectivity index (χ1v) is 9.31. The second-order valence-corrected chi connectivity index (χ2v) is 8.34. The van der Waals surface area contributed by atoms with Gasteiger partial charge in [-0.3, -0.25) is 4.79 Å². The number of nitrogens with zero attached hydrogens (tertiary/aromatic N) is 1. The summed E-state index contributed by atoms with van der Waals surface area (Å²) in [6.45, 7) is 1.42. The van der Waals surface area contributed by atoms with Crippen molar-refractivity contribution in [1.82, 2.24) is 9.03 Å². The minimum Gasteiger partial charge on any atom is -0.480 e. The van der Waals surface area contributed by atoms with Gasteiger partial charge < -0.3 is 5.11 Å². The summed E-state index contributed by atoms with van der Waals surface area (Å²) in [6.07, 6.45) is 0.631. The van der Waals surface area contributed by atoms with E-state index in [9.17, 15) is 21.6 Å². The first kappa shape index (κ1) is 18.6. The normalized spacial score (nSPS) is 12.5. The third kappa shape index (κ3) is 4.50. The molecule has 0 aliphatic heterocycles. The maximum absolute atomic E-state index is 12.1. The number of benzene rings is 1. The molecule has 0 fully saturated rings. The molecule has 0 amide bonds. The quantitative estimate of drug-likeness (QED) is 0.685. The van der Waals surface area contributed by atoms with Gasteiger partial charge in [-0.25, -0.2) is 21.6 Å². The smallest absolute Gasteiger partial charge is 0.318 e. The van der Waals surface area contributed by atoms with E-state index >= 15 is 0 Å². The van der Waals surface area contributed by atoms with Crippen LogP contribution in [-0.2, 0) is 24.8 Å². The number of hydrogen-bond donors (Lipinski definition) is 2. The van der Waals surface area contributed by atoms with E-state index in [2.05, 4.69) is 4.72 Å². The van der Waals surface area contributed by atoms with Crippen molar-refractivity contribution in [1.29, 1.82) is 0 Å². The lowest BCUT2D eigenvalue weighted by molar-refractivity contribution is -0.137. The molecule has 0 unspecified atom stereocenters. The van der Waals surface area contributed by atoms with Gasteiger partial charge in [-0.1, -0.05) is 6.92 Å². The second-order valence-electron chi connectivity index (χ2n) is 4.52. The van der Waals surface area contributed by atoms with Gasteiger partial charge in [0.2, 0.25) is 20.0 Å². The molecule has 0 aliphatic carbocycles. The Morgan fingerprint density at radius 2 is 1.64 bits per heavy atom. The minimum absolute atomic E-state index is 0.0548. The summed E-state index contributed by atoms with van der Waals surface area (Å²) >= 11 is 0. The molecule has 0 aliphatic rings. The van der Waals surface area contributed by atoms with Gasteiger partial charge in [0.15, 0.2) is 0 Å². The Balaban J connectivity index is 3.05. The maximum atomic E-state index is 12.1. The molecule has 0 atom stereocenters. The van der Waals surface area contributed by atoms with Gasteiger partial charge in [-0.15, -0.1) is 0 Å². The minimum atomic E-state index is -3.98.